The summed E-state index contributed by atoms with van der Waals surface area (Å²) in [6.07, 6.45) is -0.509. The minimum absolute atomic E-state index is 0.254. The third-order valence-corrected chi connectivity index (χ3v) is 9.13. The molecule has 2 amide bonds. The largest absolute Gasteiger partial charge is 0.573 e. The van der Waals surface area contributed by atoms with E-state index in [-0.39, 0.29) is 23.7 Å². The van der Waals surface area contributed by atoms with Gasteiger partial charge < -0.3 is 15.0 Å². The Hall–Kier alpha value is -4.32. The van der Waals surface area contributed by atoms with Crippen molar-refractivity contribution in [2.75, 3.05) is 17.2 Å². The summed E-state index contributed by atoms with van der Waals surface area (Å²) in [5.74, 6) is 1.40. The number of halogens is 3. The fourth-order valence-corrected chi connectivity index (χ4v) is 7.04. The van der Waals surface area contributed by atoms with Gasteiger partial charge in [-0.15, -0.1) is 18.3 Å². The number of aliphatic imine (C=N–C) groups is 1. The highest BCUT2D eigenvalue weighted by Gasteiger charge is 2.31. The molecule has 1 N–H and O–H groups in total. The van der Waals surface area contributed by atoms with Gasteiger partial charge in [-0.05, 0) is 93.8 Å². The smallest absolute Gasteiger partial charge is 0.406 e. The molecule has 0 saturated carbocycles. The zero-order valence-corrected chi connectivity index (χ0v) is 28.0. The Balaban J connectivity index is 1.13. The number of alkyl halides is 3. The highest BCUT2D eigenvalue weighted by atomic mass is 32.2. The van der Waals surface area contributed by atoms with Gasteiger partial charge in [0.1, 0.15) is 12.1 Å². The third-order valence-electron chi connectivity index (χ3n) is 8.14. The number of aryl methyl sites for hydroxylation is 3. The fraction of sp³-hybridized carbons (Fsp3) is 0.371. The Morgan fingerprint density at radius 2 is 1.77 bits per heavy atom. The molecular weight excluding hydrogens is 625 g/mol. The lowest BCUT2D eigenvalue weighted by Gasteiger charge is -2.37. The van der Waals surface area contributed by atoms with Crippen LogP contribution in [0.4, 0.5) is 23.7 Å². The second-order valence-corrected chi connectivity index (χ2v) is 13.0. The summed E-state index contributed by atoms with van der Waals surface area (Å²) in [6.45, 7) is 11.2. The number of hydrogen-bond donors (Lipinski definition) is 1. The van der Waals surface area contributed by atoms with E-state index >= 15 is 0 Å². The molecule has 4 aromatic rings. The first-order chi connectivity index (χ1) is 22.4. The number of amides is 2. The number of anilines is 1. The van der Waals surface area contributed by atoms with Crippen molar-refractivity contribution in [2.24, 2.45) is 4.99 Å². The molecule has 3 aromatic carbocycles. The first kappa shape index (κ1) is 34.0. The highest BCUT2D eigenvalue weighted by molar-refractivity contribution is 8.14. The molecule has 1 aliphatic heterocycles. The molecule has 2 atom stereocenters. The maximum atomic E-state index is 12.9. The Labute approximate surface area is 277 Å². The molecule has 1 saturated heterocycles. The lowest BCUT2D eigenvalue weighted by molar-refractivity contribution is -0.274. The summed E-state index contributed by atoms with van der Waals surface area (Å²) in [7, 11) is 0. The number of urea groups is 1. The van der Waals surface area contributed by atoms with Crippen LogP contribution < -0.4 is 15.0 Å². The van der Waals surface area contributed by atoms with Crippen molar-refractivity contribution in [3.05, 3.63) is 89.2 Å². The van der Waals surface area contributed by atoms with E-state index in [4.69, 9.17) is 0 Å². The van der Waals surface area contributed by atoms with Crippen molar-refractivity contribution in [1.82, 2.24) is 20.1 Å². The van der Waals surface area contributed by atoms with Gasteiger partial charge in [0.2, 0.25) is 0 Å². The maximum absolute atomic E-state index is 12.9. The quantitative estimate of drug-likeness (QED) is 0.180. The Kier molecular flexibility index (Phi) is 10.6. The van der Waals surface area contributed by atoms with Crippen LogP contribution in [0.2, 0.25) is 0 Å². The first-order valence-electron chi connectivity index (χ1n) is 15.6. The number of hydrogen-bond acceptors (Lipinski definition) is 5. The molecule has 47 heavy (non-hydrogen) atoms. The van der Waals surface area contributed by atoms with Crippen molar-refractivity contribution in [3.63, 3.8) is 0 Å². The number of nitrogens with zero attached hydrogens (tertiary/aromatic N) is 5. The number of aromatic nitrogens is 3. The number of rotatable bonds is 9. The van der Waals surface area contributed by atoms with Crippen molar-refractivity contribution in [3.8, 4) is 22.8 Å². The minimum Gasteiger partial charge on any atom is -0.406 e. The van der Waals surface area contributed by atoms with Gasteiger partial charge in [-0.3, -0.25) is 0 Å². The number of amidine groups is 1. The summed E-state index contributed by atoms with van der Waals surface area (Å²) < 4.78 is 42.7. The molecule has 2 unspecified atom stereocenters. The highest BCUT2D eigenvalue weighted by Crippen LogP contribution is 2.35. The normalized spacial score (nSPS) is 16.7. The molecule has 1 aromatic heterocycles. The Morgan fingerprint density at radius 1 is 1.09 bits per heavy atom. The predicted octanol–water partition coefficient (Wildman–Crippen LogP) is 8.74. The van der Waals surface area contributed by atoms with Gasteiger partial charge >= 0.3 is 12.4 Å². The number of ether oxygens (including phenoxy) is 1. The Bertz CT molecular complexity index is 1700. The molecular formula is C35H39F3N6O2S. The molecule has 5 rings (SSSR count). The van der Waals surface area contributed by atoms with Gasteiger partial charge in [-0.2, -0.15) is 4.99 Å². The second-order valence-electron chi connectivity index (χ2n) is 11.9. The molecule has 8 nitrogen and oxygen atoms in total. The molecule has 2 heterocycles. The zero-order valence-electron chi connectivity index (χ0n) is 27.1. The van der Waals surface area contributed by atoms with Gasteiger partial charge in [0.15, 0.2) is 11.0 Å². The van der Waals surface area contributed by atoms with E-state index in [0.29, 0.717) is 18.1 Å². The second kappa shape index (κ2) is 14.6. The van der Waals surface area contributed by atoms with E-state index in [2.05, 4.69) is 76.8 Å². The zero-order chi connectivity index (χ0) is 33.7. The van der Waals surface area contributed by atoms with E-state index in [1.165, 1.54) is 52.0 Å². The van der Waals surface area contributed by atoms with Crippen LogP contribution >= 0.6 is 11.8 Å². The van der Waals surface area contributed by atoms with Gasteiger partial charge in [-0.25, -0.2) is 14.5 Å². The molecule has 0 spiro atoms. The van der Waals surface area contributed by atoms with Gasteiger partial charge in [0, 0.05) is 29.6 Å². The molecule has 0 radical (unpaired) electrons. The van der Waals surface area contributed by atoms with Crippen LogP contribution in [0.3, 0.4) is 0 Å². The molecule has 1 aliphatic rings. The van der Waals surface area contributed by atoms with Gasteiger partial charge in [0.25, 0.3) is 0 Å². The average Bonchev–Trinajstić information content (AvgIpc) is 3.50. The lowest BCUT2D eigenvalue weighted by Crippen LogP contribution is -2.43. The van der Waals surface area contributed by atoms with Crippen molar-refractivity contribution >= 4 is 28.6 Å². The topological polar surface area (TPSA) is 84.6 Å². The predicted molar refractivity (Wildman–Crippen MR) is 182 cm³/mol. The van der Waals surface area contributed by atoms with E-state index in [1.807, 2.05) is 24.3 Å². The Morgan fingerprint density at radius 3 is 2.43 bits per heavy atom. The lowest BCUT2D eigenvalue weighted by atomic mass is 9.95. The van der Waals surface area contributed by atoms with Crippen molar-refractivity contribution < 1.29 is 22.7 Å². The van der Waals surface area contributed by atoms with Crippen LogP contribution in [0.5, 0.6) is 5.75 Å². The number of carbonyl (C=O) groups is 1. The fourth-order valence-electron chi connectivity index (χ4n) is 5.84. The van der Waals surface area contributed by atoms with Crippen LogP contribution in [0.1, 0.15) is 61.3 Å². The van der Waals surface area contributed by atoms with Gasteiger partial charge in [0.05, 0.1) is 5.69 Å². The van der Waals surface area contributed by atoms with Crippen LogP contribution in [-0.2, 0) is 0 Å². The SMILES string of the molecule is Cc1cc(C)c(N2C(=NC(=O)NCCCC(C)c3ccc(-c4ncn(-c5ccc(OC(F)(F)F)cc5)n4)cc3)SCCC2C)c(C)c1. The molecule has 12 heteroatoms. The summed E-state index contributed by atoms with van der Waals surface area (Å²) in [5.41, 5.74) is 7.27. The minimum atomic E-state index is -4.74. The third kappa shape index (κ3) is 8.73. The number of benzene rings is 3. The van der Waals surface area contributed by atoms with Gasteiger partial charge in [-0.1, -0.05) is 60.6 Å². The van der Waals surface area contributed by atoms with Crippen molar-refractivity contribution in [2.45, 2.75) is 72.2 Å². The summed E-state index contributed by atoms with van der Waals surface area (Å²) in [4.78, 5) is 23.9. The number of carbonyl (C=O) groups excluding carboxylic acids is 1. The maximum Gasteiger partial charge on any atom is 0.573 e. The van der Waals surface area contributed by atoms with Crippen LogP contribution in [0, 0.1) is 20.8 Å². The molecule has 0 aliphatic carbocycles. The molecule has 1 fully saturated rings. The van der Waals surface area contributed by atoms with Crippen molar-refractivity contribution in [1.29, 1.82) is 0 Å². The van der Waals surface area contributed by atoms with E-state index < -0.39 is 6.36 Å². The summed E-state index contributed by atoms with van der Waals surface area (Å²) >= 11 is 1.63. The summed E-state index contributed by atoms with van der Waals surface area (Å²) in [5, 5.41) is 8.20. The van der Waals surface area contributed by atoms with Crippen LogP contribution in [0.25, 0.3) is 17.1 Å². The van der Waals surface area contributed by atoms with E-state index in [9.17, 15) is 18.0 Å². The van der Waals surface area contributed by atoms with Crippen LogP contribution in [-0.4, -0.2) is 50.7 Å². The first-order valence-corrected chi connectivity index (χ1v) is 16.6. The monoisotopic (exact) mass is 664 g/mol. The average molecular weight is 665 g/mol. The number of thioether (sulfide) groups is 1. The summed E-state index contributed by atoms with van der Waals surface area (Å²) in [6, 6.07) is 17.7. The van der Waals surface area contributed by atoms with E-state index in [0.717, 1.165) is 47.0 Å². The molecule has 0 bridgehead atoms. The standard InChI is InChI=1S/C35H39F3N6O2S/c1-22-19-24(3)31(25(4)20-22)44-26(5)16-18-47-34(44)41-33(45)39-17-6-7-23(2)27-8-10-28(11-9-27)32-40-21-43(42-32)29-12-14-30(15-13-29)46-35(36,37)38/h8-15,19-21,23,26H,6-7,16-18H2,1-5H3,(H,39,45). The van der Waals surface area contributed by atoms with Crippen LogP contribution in [0.15, 0.2) is 72.0 Å². The molecule has 248 valence electrons. The number of nitrogens with one attached hydrogen (secondary N) is 1. The van der Waals surface area contributed by atoms with E-state index in [1.54, 1.807) is 11.8 Å².